The summed E-state index contributed by atoms with van der Waals surface area (Å²) >= 11 is 0. The van der Waals surface area contributed by atoms with E-state index in [9.17, 15) is 0 Å². The Bertz CT molecular complexity index is 437. The fraction of sp³-hybridized carbons (Fsp3) is 0.0909. The lowest BCUT2D eigenvalue weighted by molar-refractivity contribution is 0.473. The molecule has 1 radical (unpaired) electrons. The third kappa shape index (κ3) is 1.47. The highest BCUT2D eigenvalue weighted by Crippen LogP contribution is 2.19. The monoisotopic (exact) mass is 172 g/mol. The van der Waals surface area contributed by atoms with Crippen LogP contribution in [0, 0.1) is 14.0 Å². The van der Waals surface area contributed by atoms with Crippen molar-refractivity contribution in [2.24, 2.45) is 0 Å². The minimum absolute atomic E-state index is 0.741. The van der Waals surface area contributed by atoms with Crippen LogP contribution in [0.5, 0.6) is 5.75 Å². The lowest BCUT2D eigenvalue weighted by atomic mass is 10.2. The van der Waals surface area contributed by atoms with Crippen molar-refractivity contribution in [3.8, 4) is 5.75 Å². The van der Waals surface area contributed by atoms with Crippen molar-refractivity contribution >= 4 is 10.9 Å². The summed E-state index contributed by atoms with van der Waals surface area (Å²) in [6, 6.07) is 9.78. The second-order valence-electron chi connectivity index (χ2n) is 2.95. The molecule has 0 unspecified atom stereocenters. The molecule has 0 amide bonds. The predicted molar refractivity (Wildman–Crippen MR) is 52.5 cm³/mol. The largest absolute Gasteiger partial charge is 0.490 e. The number of benzene rings is 1. The number of hydrogen-bond donors (Lipinski definition) is 0. The molecule has 0 saturated heterocycles. The molecule has 1 aromatic heterocycles. The fourth-order valence-corrected chi connectivity index (χ4v) is 1.29. The van der Waals surface area contributed by atoms with Gasteiger partial charge in [-0.2, -0.15) is 0 Å². The summed E-state index contributed by atoms with van der Waals surface area (Å²) in [5.74, 6) is 0.741. The van der Waals surface area contributed by atoms with Crippen LogP contribution in [0.4, 0.5) is 0 Å². The van der Waals surface area contributed by atoms with Crippen LogP contribution in [0.1, 0.15) is 5.69 Å². The molecule has 0 N–H and O–H groups in total. The fourth-order valence-electron chi connectivity index (χ4n) is 1.29. The van der Waals surface area contributed by atoms with Crippen LogP contribution in [0.2, 0.25) is 0 Å². The van der Waals surface area contributed by atoms with Crippen molar-refractivity contribution in [1.29, 1.82) is 0 Å². The van der Waals surface area contributed by atoms with Gasteiger partial charge in [-0.25, -0.2) is 0 Å². The van der Waals surface area contributed by atoms with E-state index in [1.165, 1.54) is 0 Å². The number of hydrogen-bond acceptors (Lipinski definition) is 2. The maximum absolute atomic E-state index is 4.87. The number of rotatable bonds is 1. The van der Waals surface area contributed by atoms with E-state index in [4.69, 9.17) is 4.74 Å². The van der Waals surface area contributed by atoms with Gasteiger partial charge in [0.15, 0.2) is 0 Å². The van der Waals surface area contributed by atoms with Gasteiger partial charge in [0.25, 0.3) is 0 Å². The van der Waals surface area contributed by atoms with Crippen molar-refractivity contribution in [2.45, 2.75) is 6.92 Å². The second-order valence-corrected chi connectivity index (χ2v) is 2.95. The van der Waals surface area contributed by atoms with Gasteiger partial charge in [-0.3, -0.25) is 4.98 Å². The van der Waals surface area contributed by atoms with Crippen LogP contribution >= 0.6 is 0 Å². The van der Waals surface area contributed by atoms with E-state index in [1.807, 2.05) is 37.3 Å². The Morgan fingerprint density at radius 1 is 1.23 bits per heavy atom. The van der Waals surface area contributed by atoms with Gasteiger partial charge in [-0.05, 0) is 25.1 Å². The molecule has 0 aliphatic heterocycles. The van der Waals surface area contributed by atoms with Crippen LogP contribution in [0.3, 0.4) is 0 Å². The Morgan fingerprint density at radius 3 is 2.77 bits per heavy atom. The molecule has 0 spiro atoms. The van der Waals surface area contributed by atoms with Crippen molar-refractivity contribution in [2.75, 3.05) is 0 Å². The van der Waals surface area contributed by atoms with Crippen LogP contribution in [0.15, 0.2) is 30.3 Å². The van der Waals surface area contributed by atoms with Gasteiger partial charge in [0.1, 0.15) is 12.9 Å². The third-order valence-electron chi connectivity index (χ3n) is 1.97. The average molecular weight is 172 g/mol. The maximum Gasteiger partial charge on any atom is 0.122 e. The predicted octanol–water partition coefficient (Wildman–Crippen LogP) is 2.71. The molecule has 0 bridgehead atoms. The zero-order valence-electron chi connectivity index (χ0n) is 7.45. The SMILES string of the molecule is [CH2]Oc1ccc2ccc(C)nc2c1. The van der Waals surface area contributed by atoms with Gasteiger partial charge < -0.3 is 4.74 Å². The Balaban J connectivity index is 2.68. The summed E-state index contributed by atoms with van der Waals surface area (Å²) in [7, 11) is 3.36. The highest BCUT2D eigenvalue weighted by Gasteiger charge is 1.97. The Hall–Kier alpha value is -1.57. The van der Waals surface area contributed by atoms with Gasteiger partial charge in [0.2, 0.25) is 0 Å². The maximum atomic E-state index is 4.87. The van der Waals surface area contributed by atoms with E-state index in [-0.39, 0.29) is 0 Å². The molecule has 13 heavy (non-hydrogen) atoms. The molecule has 2 aromatic rings. The summed E-state index contributed by atoms with van der Waals surface area (Å²) in [6.45, 7) is 1.97. The van der Waals surface area contributed by atoms with Gasteiger partial charge in [0, 0.05) is 17.1 Å². The smallest absolute Gasteiger partial charge is 0.122 e. The molecule has 65 valence electrons. The molecule has 0 aliphatic rings. The quantitative estimate of drug-likeness (QED) is 0.659. The highest BCUT2D eigenvalue weighted by molar-refractivity contribution is 5.80. The number of ether oxygens (including phenoxy) is 1. The molecule has 1 heterocycles. The Morgan fingerprint density at radius 2 is 2.00 bits per heavy atom. The highest BCUT2D eigenvalue weighted by atomic mass is 16.5. The summed E-state index contributed by atoms with van der Waals surface area (Å²) in [5, 5.41) is 1.12. The summed E-state index contributed by atoms with van der Waals surface area (Å²) in [6.07, 6.45) is 0. The molecule has 0 saturated carbocycles. The number of aromatic nitrogens is 1. The number of nitrogens with zero attached hydrogens (tertiary/aromatic N) is 1. The second kappa shape index (κ2) is 3.05. The number of aryl methyl sites for hydroxylation is 1. The van der Waals surface area contributed by atoms with Crippen molar-refractivity contribution in [3.05, 3.63) is 43.1 Å². The zero-order chi connectivity index (χ0) is 9.26. The van der Waals surface area contributed by atoms with Crippen molar-refractivity contribution in [1.82, 2.24) is 4.98 Å². The molecule has 2 nitrogen and oxygen atoms in total. The Labute approximate surface area is 77.2 Å². The molecular weight excluding hydrogens is 162 g/mol. The van der Waals surface area contributed by atoms with Crippen LogP contribution in [0.25, 0.3) is 10.9 Å². The first kappa shape index (κ1) is 8.05. The van der Waals surface area contributed by atoms with Crippen molar-refractivity contribution in [3.63, 3.8) is 0 Å². The topological polar surface area (TPSA) is 22.1 Å². The molecule has 2 rings (SSSR count). The van der Waals surface area contributed by atoms with E-state index >= 15 is 0 Å². The van der Waals surface area contributed by atoms with Crippen molar-refractivity contribution < 1.29 is 4.74 Å². The van der Waals surface area contributed by atoms with Gasteiger partial charge in [-0.1, -0.05) is 6.07 Å². The van der Waals surface area contributed by atoms with Gasteiger partial charge in [0.05, 0.1) is 5.52 Å². The van der Waals surface area contributed by atoms with Crippen LogP contribution in [-0.4, -0.2) is 4.98 Å². The van der Waals surface area contributed by atoms with E-state index in [1.54, 1.807) is 0 Å². The number of fused-ring (bicyclic) bond motifs is 1. The van der Waals surface area contributed by atoms with Gasteiger partial charge in [-0.15, -0.1) is 0 Å². The van der Waals surface area contributed by atoms with Gasteiger partial charge >= 0.3 is 0 Å². The summed E-state index contributed by atoms with van der Waals surface area (Å²) in [5.41, 5.74) is 1.95. The minimum atomic E-state index is 0.741. The zero-order valence-corrected chi connectivity index (χ0v) is 7.45. The minimum Gasteiger partial charge on any atom is -0.490 e. The normalized spacial score (nSPS) is 10.3. The molecule has 0 aliphatic carbocycles. The average Bonchev–Trinajstić information content (AvgIpc) is 2.16. The summed E-state index contributed by atoms with van der Waals surface area (Å²) < 4.78 is 4.87. The number of pyridine rings is 1. The van der Waals surface area contributed by atoms with Crippen LogP contribution < -0.4 is 4.74 Å². The first-order valence-electron chi connectivity index (χ1n) is 4.09. The van der Waals surface area contributed by atoms with E-state index < -0.39 is 0 Å². The Kier molecular flexibility index (Phi) is 1.89. The standard InChI is InChI=1S/C11H10NO/c1-8-3-4-9-5-6-10(13-2)7-11(9)12-8/h3-7H,2H2,1H3. The molecule has 1 aromatic carbocycles. The lowest BCUT2D eigenvalue weighted by Crippen LogP contribution is -1.84. The summed E-state index contributed by atoms with van der Waals surface area (Å²) in [4.78, 5) is 4.38. The van der Waals surface area contributed by atoms with E-state index in [0.29, 0.717) is 0 Å². The van der Waals surface area contributed by atoms with E-state index in [2.05, 4.69) is 12.1 Å². The molecule has 2 heteroatoms. The third-order valence-corrected chi connectivity index (χ3v) is 1.97. The molecule has 0 fully saturated rings. The molecule has 0 atom stereocenters. The molecular formula is C11H10NO. The first-order chi connectivity index (χ1) is 6.29. The lowest BCUT2D eigenvalue weighted by Gasteiger charge is -2.01. The first-order valence-corrected chi connectivity index (χ1v) is 4.09. The van der Waals surface area contributed by atoms with E-state index in [0.717, 1.165) is 22.3 Å². The van der Waals surface area contributed by atoms with Crippen LogP contribution in [-0.2, 0) is 0 Å².